The number of carbonyl (C=O) groups excluding carboxylic acids is 2. The smallest absolute Gasteiger partial charge is 0.330 e. The van der Waals surface area contributed by atoms with E-state index in [9.17, 15) is 9.59 Å². The highest BCUT2D eigenvalue weighted by molar-refractivity contribution is 6.02. The molecule has 0 radical (unpaired) electrons. The molecular weight excluding hydrogens is 548 g/mol. The highest BCUT2D eigenvalue weighted by atomic mass is 16.5. The summed E-state index contributed by atoms with van der Waals surface area (Å²) in [5, 5.41) is 6.14. The molecule has 1 aromatic heterocycles. The van der Waals surface area contributed by atoms with E-state index in [4.69, 9.17) is 14.5 Å². The lowest BCUT2D eigenvalue weighted by Gasteiger charge is -2.39. The molecule has 228 valence electrons. The Bertz CT molecular complexity index is 1450. The van der Waals surface area contributed by atoms with Crippen molar-refractivity contribution in [3.8, 4) is 5.75 Å². The van der Waals surface area contributed by atoms with Crippen LogP contribution >= 0.6 is 0 Å². The zero-order chi connectivity index (χ0) is 31.1. The fraction of sp³-hybridized carbons (Fsp3) is 0.355. The summed E-state index contributed by atoms with van der Waals surface area (Å²) in [5.74, 6) is 0.931. The molecule has 0 saturated heterocycles. The summed E-state index contributed by atoms with van der Waals surface area (Å²) >= 11 is 0. The topological polar surface area (TPSA) is 115 Å². The van der Waals surface area contributed by atoms with Crippen molar-refractivity contribution in [2.45, 2.75) is 19.5 Å². The number of amides is 3. The summed E-state index contributed by atoms with van der Waals surface area (Å²) in [4.78, 5) is 43.0. The van der Waals surface area contributed by atoms with Gasteiger partial charge in [0, 0.05) is 45.1 Å². The standard InChI is InChI=1S/C31H40N8O4/c1-8-28(40)33-24-16-25(27(43-7)17-26(24)37(5)15-14-36(3)4)34-30-32-18-22-19-38(21(2)20-42-6)31(41)39(29(22)35-30)23-12-10-9-11-13-23/h8-13,16-18,21H,1,14-15,19-20H2,2-7H3,(H,33,40)(H,32,34,35)/t21-/m0/s1. The van der Waals surface area contributed by atoms with E-state index in [0.29, 0.717) is 41.8 Å². The number of carbonyl (C=O) groups is 2. The molecule has 3 aromatic rings. The van der Waals surface area contributed by atoms with E-state index in [0.717, 1.165) is 24.3 Å². The van der Waals surface area contributed by atoms with Crippen molar-refractivity contribution in [2.75, 3.05) is 75.5 Å². The maximum Gasteiger partial charge on any atom is 0.330 e. The second-order valence-electron chi connectivity index (χ2n) is 10.5. The second kappa shape index (κ2) is 14.0. The highest BCUT2D eigenvalue weighted by Gasteiger charge is 2.35. The van der Waals surface area contributed by atoms with Gasteiger partial charge in [-0.3, -0.25) is 4.79 Å². The van der Waals surface area contributed by atoms with E-state index < -0.39 is 0 Å². The number of likely N-dealkylation sites (N-methyl/N-ethyl adjacent to an activating group) is 2. The Morgan fingerprint density at radius 1 is 1.14 bits per heavy atom. The minimum absolute atomic E-state index is 0.155. The molecule has 0 bridgehead atoms. The molecule has 43 heavy (non-hydrogen) atoms. The van der Waals surface area contributed by atoms with Crippen LogP contribution in [-0.2, 0) is 16.1 Å². The monoisotopic (exact) mass is 588 g/mol. The number of anilines is 6. The van der Waals surface area contributed by atoms with Gasteiger partial charge in [-0.1, -0.05) is 24.8 Å². The molecule has 0 fully saturated rings. The molecule has 12 nitrogen and oxygen atoms in total. The molecule has 1 aliphatic rings. The Hall–Kier alpha value is -4.68. The van der Waals surface area contributed by atoms with Crippen LogP contribution < -0.4 is 25.2 Å². The molecule has 2 N–H and O–H groups in total. The highest BCUT2D eigenvalue weighted by Crippen LogP contribution is 2.39. The first-order chi connectivity index (χ1) is 20.7. The molecule has 0 unspecified atom stereocenters. The van der Waals surface area contributed by atoms with Crippen LogP contribution in [0.25, 0.3) is 0 Å². The SMILES string of the molecule is C=CC(=O)Nc1cc(Nc2ncc3c(n2)N(c2ccccc2)C(=O)N([C@@H](C)COC)C3)c(OC)cc1N(C)CCN(C)C. The van der Waals surface area contributed by atoms with Gasteiger partial charge in [0.1, 0.15) is 5.75 Å². The largest absolute Gasteiger partial charge is 0.494 e. The fourth-order valence-corrected chi connectivity index (χ4v) is 4.74. The quantitative estimate of drug-likeness (QED) is 0.279. The van der Waals surface area contributed by atoms with Crippen LogP contribution in [0.5, 0.6) is 5.75 Å². The van der Waals surface area contributed by atoms with E-state index in [1.54, 1.807) is 36.3 Å². The molecule has 0 aliphatic carbocycles. The Morgan fingerprint density at radius 2 is 1.88 bits per heavy atom. The molecule has 2 aromatic carbocycles. The zero-order valence-corrected chi connectivity index (χ0v) is 25.6. The summed E-state index contributed by atoms with van der Waals surface area (Å²) in [6.45, 7) is 7.81. The zero-order valence-electron chi connectivity index (χ0n) is 25.6. The van der Waals surface area contributed by atoms with Gasteiger partial charge in [0.2, 0.25) is 11.9 Å². The molecule has 1 atom stereocenters. The van der Waals surface area contributed by atoms with Crippen molar-refractivity contribution in [3.05, 3.63) is 66.9 Å². The molecular formula is C31H40N8O4. The van der Waals surface area contributed by atoms with Crippen LogP contribution in [0.15, 0.2) is 61.3 Å². The molecule has 0 saturated carbocycles. The average molecular weight is 589 g/mol. The van der Waals surface area contributed by atoms with Crippen molar-refractivity contribution in [1.82, 2.24) is 19.8 Å². The van der Waals surface area contributed by atoms with Crippen molar-refractivity contribution < 1.29 is 19.1 Å². The van der Waals surface area contributed by atoms with Gasteiger partial charge in [0.25, 0.3) is 0 Å². The summed E-state index contributed by atoms with van der Waals surface area (Å²) < 4.78 is 11.1. The Labute approximate surface area is 252 Å². The molecule has 12 heteroatoms. The lowest BCUT2D eigenvalue weighted by Crippen LogP contribution is -2.50. The second-order valence-corrected chi connectivity index (χ2v) is 10.5. The number of ether oxygens (including phenoxy) is 2. The van der Waals surface area contributed by atoms with Gasteiger partial charge in [-0.15, -0.1) is 0 Å². The van der Waals surface area contributed by atoms with Gasteiger partial charge < -0.3 is 34.8 Å². The number of para-hydroxylation sites is 1. The molecule has 2 heterocycles. The normalized spacial score (nSPS) is 13.4. The summed E-state index contributed by atoms with van der Waals surface area (Å²) in [5.41, 5.74) is 3.36. The maximum absolute atomic E-state index is 13.8. The summed E-state index contributed by atoms with van der Waals surface area (Å²) in [6, 6.07) is 12.6. The number of urea groups is 1. The van der Waals surface area contributed by atoms with Crippen LogP contribution in [0.1, 0.15) is 12.5 Å². The number of benzene rings is 2. The van der Waals surface area contributed by atoms with Crippen LogP contribution in [0.4, 0.5) is 39.3 Å². The van der Waals surface area contributed by atoms with Gasteiger partial charge >= 0.3 is 6.03 Å². The Balaban J connectivity index is 1.74. The first kappa shape index (κ1) is 31.3. The lowest BCUT2D eigenvalue weighted by molar-refractivity contribution is -0.111. The first-order valence-corrected chi connectivity index (χ1v) is 14.0. The van der Waals surface area contributed by atoms with Crippen LogP contribution in [0.3, 0.4) is 0 Å². The van der Waals surface area contributed by atoms with E-state index in [1.807, 2.05) is 69.4 Å². The Kier molecular flexibility index (Phi) is 10.2. The number of methoxy groups -OCH3 is 2. The van der Waals surface area contributed by atoms with Crippen LogP contribution in [0, 0.1) is 0 Å². The summed E-state index contributed by atoms with van der Waals surface area (Å²) in [6.07, 6.45) is 2.94. The van der Waals surface area contributed by atoms with E-state index in [2.05, 4.69) is 27.1 Å². The van der Waals surface area contributed by atoms with Crippen LogP contribution in [-0.4, -0.2) is 92.8 Å². The first-order valence-electron chi connectivity index (χ1n) is 14.0. The molecule has 1 aliphatic heterocycles. The van der Waals surface area contributed by atoms with Crippen molar-refractivity contribution in [3.63, 3.8) is 0 Å². The Morgan fingerprint density at radius 3 is 2.53 bits per heavy atom. The van der Waals surface area contributed by atoms with Gasteiger partial charge in [-0.05, 0) is 45.3 Å². The molecule has 3 amide bonds. The molecule has 4 rings (SSSR count). The average Bonchev–Trinajstić information content (AvgIpc) is 3.00. The number of rotatable bonds is 13. The third-order valence-electron chi connectivity index (χ3n) is 7.09. The van der Waals surface area contributed by atoms with Crippen molar-refractivity contribution in [1.29, 1.82) is 0 Å². The maximum atomic E-state index is 13.8. The number of fused-ring (bicyclic) bond motifs is 1. The minimum Gasteiger partial charge on any atom is -0.494 e. The predicted molar refractivity (Wildman–Crippen MR) is 170 cm³/mol. The number of aromatic nitrogens is 2. The molecule has 0 spiro atoms. The summed E-state index contributed by atoms with van der Waals surface area (Å²) in [7, 11) is 9.15. The van der Waals surface area contributed by atoms with E-state index in [1.165, 1.54) is 6.08 Å². The number of hydrogen-bond donors (Lipinski definition) is 2. The lowest BCUT2D eigenvalue weighted by atomic mass is 10.1. The number of hydrogen-bond acceptors (Lipinski definition) is 9. The van der Waals surface area contributed by atoms with E-state index >= 15 is 0 Å². The fourth-order valence-electron chi connectivity index (χ4n) is 4.74. The van der Waals surface area contributed by atoms with Gasteiger partial charge in [-0.25, -0.2) is 14.7 Å². The third kappa shape index (κ3) is 7.22. The van der Waals surface area contributed by atoms with E-state index in [-0.39, 0.29) is 23.9 Å². The number of nitrogens with zero attached hydrogens (tertiary/aromatic N) is 6. The van der Waals surface area contributed by atoms with Gasteiger partial charge in [0.15, 0.2) is 5.82 Å². The van der Waals surface area contributed by atoms with Gasteiger partial charge in [0.05, 0.1) is 49.1 Å². The van der Waals surface area contributed by atoms with Crippen LogP contribution in [0.2, 0.25) is 0 Å². The predicted octanol–water partition coefficient (Wildman–Crippen LogP) is 4.46. The van der Waals surface area contributed by atoms with Gasteiger partial charge in [-0.2, -0.15) is 4.98 Å². The third-order valence-corrected chi connectivity index (χ3v) is 7.09. The number of nitrogens with one attached hydrogen (secondary N) is 2. The van der Waals surface area contributed by atoms with Crippen molar-refractivity contribution >= 4 is 46.5 Å². The van der Waals surface area contributed by atoms with Crippen molar-refractivity contribution in [2.24, 2.45) is 0 Å². The minimum atomic E-state index is -0.340.